The van der Waals surface area contributed by atoms with Crippen LogP contribution in [-0.2, 0) is 0 Å². The van der Waals surface area contributed by atoms with Gasteiger partial charge in [0.05, 0.1) is 0 Å². The van der Waals surface area contributed by atoms with Gasteiger partial charge in [0.2, 0.25) is 0 Å². The van der Waals surface area contributed by atoms with E-state index in [0.29, 0.717) is 12.0 Å². The smallest absolute Gasteiger partial charge is 0.0360 e. The minimum Gasteiger partial charge on any atom is -0.330 e. The van der Waals surface area contributed by atoms with Crippen LogP contribution in [0.5, 0.6) is 0 Å². The summed E-state index contributed by atoms with van der Waals surface area (Å²) < 4.78 is 1.16. The van der Waals surface area contributed by atoms with E-state index in [1.54, 1.807) is 0 Å². The molecule has 2 N–H and O–H groups in total. The first-order valence-electron chi connectivity index (χ1n) is 5.89. The Kier molecular flexibility index (Phi) is 4.53. The molecule has 2 unspecified atom stereocenters. The molecule has 1 aliphatic heterocycles. The molecule has 94 valence electrons. The van der Waals surface area contributed by atoms with Crippen molar-refractivity contribution in [1.29, 1.82) is 0 Å². The predicted octanol–water partition coefficient (Wildman–Crippen LogP) is 3.12. The molecule has 2 atom stereocenters. The van der Waals surface area contributed by atoms with Gasteiger partial charge in [-0.15, -0.1) is 11.8 Å². The van der Waals surface area contributed by atoms with Gasteiger partial charge in [-0.3, -0.25) is 4.90 Å². The van der Waals surface area contributed by atoms with E-state index in [-0.39, 0.29) is 0 Å². The van der Waals surface area contributed by atoms with Gasteiger partial charge >= 0.3 is 0 Å². The van der Waals surface area contributed by atoms with Crippen LogP contribution in [0.3, 0.4) is 0 Å². The zero-order valence-electron chi connectivity index (χ0n) is 10.3. The number of nitrogens with two attached hydrogens (primary N) is 1. The van der Waals surface area contributed by atoms with E-state index >= 15 is 0 Å². The van der Waals surface area contributed by atoms with E-state index in [2.05, 4.69) is 52.3 Å². The van der Waals surface area contributed by atoms with E-state index in [4.69, 9.17) is 5.73 Å². The third kappa shape index (κ3) is 2.87. The van der Waals surface area contributed by atoms with Crippen molar-refractivity contribution in [2.75, 3.05) is 26.4 Å². The van der Waals surface area contributed by atoms with Crippen LogP contribution >= 0.6 is 27.7 Å². The third-order valence-corrected chi connectivity index (χ3v) is 4.82. The number of nitrogens with zero attached hydrogens (tertiary/aromatic N) is 1. The van der Waals surface area contributed by atoms with Gasteiger partial charge in [0.1, 0.15) is 0 Å². The fraction of sp³-hybridized carbons (Fsp3) is 0.538. The minimum absolute atomic E-state index is 0.517. The van der Waals surface area contributed by atoms with Gasteiger partial charge in [-0.25, -0.2) is 0 Å². The number of likely N-dealkylation sites (tertiary alicyclic amines) is 1. The molecule has 2 rings (SSSR count). The van der Waals surface area contributed by atoms with Crippen molar-refractivity contribution >= 4 is 27.7 Å². The maximum absolute atomic E-state index is 5.80. The number of benzene rings is 1. The highest BCUT2D eigenvalue weighted by molar-refractivity contribution is 9.10. The van der Waals surface area contributed by atoms with Crippen molar-refractivity contribution in [3.8, 4) is 0 Å². The maximum atomic E-state index is 5.80. The first-order chi connectivity index (χ1) is 8.15. The van der Waals surface area contributed by atoms with Gasteiger partial charge in [-0.1, -0.05) is 15.9 Å². The van der Waals surface area contributed by atoms with Crippen LogP contribution in [0.2, 0.25) is 0 Å². The normalized spacial score (nSPS) is 25.4. The average Bonchev–Trinajstić information content (AvgIpc) is 2.70. The van der Waals surface area contributed by atoms with Gasteiger partial charge in [0, 0.05) is 22.0 Å². The van der Waals surface area contributed by atoms with E-state index in [9.17, 15) is 0 Å². The Hall–Kier alpha value is -0.0300. The fourth-order valence-corrected chi connectivity index (χ4v) is 3.62. The number of hydrogen-bond acceptors (Lipinski definition) is 3. The second-order valence-electron chi connectivity index (χ2n) is 4.68. The molecule has 0 aliphatic carbocycles. The van der Waals surface area contributed by atoms with Crippen LogP contribution in [0.15, 0.2) is 27.6 Å². The molecule has 1 aromatic carbocycles. The standard InChI is InChI=1S/C13H19BrN2S/c1-16-8-9(7-15)5-12(16)11-6-10(14)3-4-13(11)17-2/h3-4,6,9,12H,5,7-8,15H2,1-2H3. The lowest BCUT2D eigenvalue weighted by atomic mass is 10.00. The Morgan fingerprint density at radius 2 is 2.29 bits per heavy atom. The van der Waals surface area contributed by atoms with Gasteiger partial charge < -0.3 is 5.73 Å². The second-order valence-corrected chi connectivity index (χ2v) is 6.44. The average molecular weight is 315 g/mol. The van der Waals surface area contributed by atoms with Gasteiger partial charge in [-0.2, -0.15) is 0 Å². The molecule has 0 aromatic heterocycles. The highest BCUT2D eigenvalue weighted by Gasteiger charge is 2.30. The first kappa shape index (κ1) is 13.4. The number of rotatable bonds is 3. The molecule has 1 aromatic rings. The molecule has 1 heterocycles. The lowest BCUT2D eigenvalue weighted by Crippen LogP contribution is -2.20. The van der Waals surface area contributed by atoms with Crippen LogP contribution in [0, 0.1) is 5.92 Å². The summed E-state index contributed by atoms with van der Waals surface area (Å²) >= 11 is 5.40. The Morgan fingerprint density at radius 1 is 1.53 bits per heavy atom. The summed E-state index contributed by atoms with van der Waals surface area (Å²) in [6.45, 7) is 1.91. The fourth-order valence-electron chi connectivity index (χ4n) is 2.61. The van der Waals surface area contributed by atoms with E-state index in [0.717, 1.165) is 17.6 Å². The van der Waals surface area contributed by atoms with Crippen LogP contribution in [-0.4, -0.2) is 31.3 Å². The molecular formula is C13H19BrN2S. The molecule has 1 saturated heterocycles. The highest BCUT2D eigenvalue weighted by atomic mass is 79.9. The Morgan fingerprint density at radius 3 is 2.88 bits per heavy atom. The Labute approximate surface area is 116 Å². The number of halogens is 1. The highest BCUT2D eigenvalue weighted by Crippen LogP contribution is 2.39. The van der Waals surface area contributed by atoms with Crippen molar-refractivity contribution in [2.24, 2.45) is 11.7 Å². The van der Waals surface area contributed by atoms with Crippen LogP contribution in [0.4, 0.5) is 0 Å². The molecule has 0 saturated carbocycles. The number of hydrogen-bond donors (Lipinski definition) is 1. The monoisotopic (exact) mass is 314 g/mol. The predicted molar refractivity (Wildman–Crippen MR) is 78.5 cm³/mol. The first-order valence-corrected chi connectivity index (χ1v) is 7.91. The molecule has 2 nitrogen and oxygen atoms in total. The zero-order valence-corrected chi connectivity index (χ0v) is 12.7. The second kappa shape index (κ2) is 5.74. The zero-order chi connectivity index (χ0) is 12.4. The summed E-state index contributed by atoms with van der Waals surface area (Å²) in [6.07, 6.45) is 3.32. The van der Waals surface area contributed by atoms with E-state index in [1.165, 1.54) is 16.9 Å². The lowest BCUT2D eigenvalue weighted by Gasteiger charge is -2.22. The van der Waals surface area contributed by atoms with Crippen molar-refractivity contribution in [3.63, 3.8) is 0 Å². The third-order valence-electron chi connectivity index (χ3n) is 3.52. The van der Waals surface area contributed by atoms with Gasteiger partial charge in [0.25, 0.3) is 0 Å². The Balaban J connectivity index is 2.30. The SMILES string of the molecule is CSc1ccc(Br)cc1C1CC(CN)CN1C. The summed E-state index contributed by atoms with van der Waals surface area (Å²) in [5.74, 6) is 0.638. The molecule has 1 aliphatic rings. The van der Waals surface area contributed by atoms with Crippen LogP contribution in [0.1, 0.15) is 18.0 Å². The minimum atomic E-state index is 0.517. The maximum Gasteiger partial charge on any atom is 0.0360 e. The number of thioether (sulfide) groups is 1. The Bertz CT molecular complexity index is 397. The largest absolute Gasteiger partial charge is 0.330 e. The van der Waals surface area contributed by atoms with E-state index in [1.807, 2.05) is 11.8 Å². The summed E-state index contributed by atoms with van der Waals surface area (Å²) in [5.41, 5.74) is 7.23. The van der Waals surface area contributed by atoms with Crippen LogP contribution in [0.25, 0.3) is 0 Å². The molecular weight excluding hydrogens is 296 g/mol. The summed E-state index contributed by atoms with van der Waals surface area (Å²) in [7, 11) is 2.20. The van der Waals surface area contributed by atoms with Crippen molar-refractivity contribution in [3.05, 3.63) is 28.2 Å². The molecule has 0 radical (unpaired) electrons. The molecule has 0 spiro atoms. The van der Waals surface area contributed by atoms with E-state index < -0.39 is 0 Å². The van der Waals surface area contributed by atoms with Crippen LogP contribution < -0.4 is 5.73 Å². The summed E-state index contributed by atoms with van der Waals surface area (Å²) in [4.78, 5) is 3.81. The van der Waals surface area contributed by atoms with Crippen molar-refractivity contribution in [2.45, 2.75) is 17.4 Å². The topological polar surface area (TPSA) is 29.3 Å². The summed E-state index contributed by atoms with van der Waals surface area (Å²) in [6, 6.07) is 7.09. The van der Waals surface area contributed by atoms with Gasteiger partial charge in [0.15, 0.2) is 0 Å². The summed E-state index contributed by atoms with van der Waals surface area (Å²) in [5, 5.41) is 0. The molecule has 1 fully saturated rings. The van der Waals surface area contributed by atoms with Crippen molar-refractivity contribution in [1.82, 2.24) is 4.90 Å². The van der Waals surface area contributed by atoms with Gasteiger partial charge in [-0.05, 0) is 55.9 Å². The molecule has 17 heavy (non-hydrogen) atoms. The lowest BCUT2D eigenvalue weighted by molar-refractivity contribution is 0.310. The molecule has 0 bridgehead atoms. The quantitative estimate of drug-likeness (QED) is 0.869. The molecule has 4 heteroatoms. The van der Waals surface area contributed by atoms with Crippen molar-refractivity contribution < 1.29 is 0 Å². The molecule has 0 amide bonds.